The summed E-state index contributed by atoms with van der Waals surface area (Å²) in [5.74, 6) is 0.561. The number of fused-ring (bicyclic) bond motifs is 1. The van der Waals surface area contributed by atoms with E-state index in [0.717, 1.165) is 11.3 Å². The Morgan fingerprint density at radius 3 is 2.75 bits per heavy atom. The zero-order chi connectivity index (χ0) is 11.0. The molecule has 2 heterocycles. The monoisotopic (exact) mass is 226 g/mol. The van der Waals surface area contributed by atoms with Gasteiger partial charge in [0.25, 0.3) is 0 Å². The van der Waals surface area contributed by atoms with Gasteiger partial charge in [-0.25, -0.2) is 4.98 Å². The number of thiophene rings is 1. The fourth-order valence-corrected chi connectivity index (χ4v) is 2.72. The fraction of sp³-hybridized carbons (Fsp3) is 0. The van der Waals surface area contributed by atoms with Crippen LogP contribution in [-0.2, 0) is 0 Å². The minimum Gasteiger partial charge on any atom is -0.384 e. The molecule has 2 aromatic heterocycles. The van der Waals surface area contributed by atoms with Crippen LogP contribution in [0.3, 0.4) is 0 Å². The van der Waals surface area contributed by atoms with Crippen LogP contribution in [0.4, 0.5) is 5.82 Å². The Kier molecular flexibility index (Phi) is 2.11. The second kappa shape index (κ2) is 3.61. The molecule has 0 aliphatic rings. The first-order chi connectivity index (χ1) is 7.84. The molecule has 0 amide bonds. The maximum atomic E-state index is 5.71. The van der Waals surface area contributed by atoms with Crippen molar-refractivity contribution < 1.29 is 0 Å². The number of nitrogens with zero attached hydrogens (tertiary/aromatic N) is 1. The number of rotatable bonds is 1. The fourth-order valence-electron chi connectivity index (χ4n) is 1.80. The van der Waals surface area contributed by atoms with Gasteiger partial charge in [-0.2, -0.15) is 0 Å². The Labute approximate surface area is 97.4 Å². The van der Waals surface area contributed by atoms with Crippen molar-refractivity contribution in [3.8, 4) is 11.3 Å². The van der Waals surface area contributed by atoms with Gasteiger partial charge in [-0.1, -0.05) is 24.3 Å². The largest absolute Gasteiger partial charge is 0.384 e. The molecule has 0 aliphatic heterocycles. The van der Waals surface area contributed by atoms with Crippen molar-refractivity contribution >= 4 is 27.2 Å². The zero-order valence-corrected chi connectivity index (χ0v) is 9.37. The summed E-state index contributed by atoms with van der Waals surface area (Å²) in [4.78, 5) is 4.36. The first kappa shape index (κ1) is 9.36. The van der Waals surface area contributed by atoms with Gasteiger partial charge in [-0.15, -0.1) is 11.3 Å². The maximum absolute atomic E-state index is 5.71. The maximum Gasteiger partial charge on any atom is 0.124 e. The standard InChI is InChI=1S/C13H10N2S/c14-12-6-2-5-11(15-12)10-4-1-3-9-7-8-16-13(9)10/h1-8H,(H2,14,15). The average molecular weight is 226 g/mol. The Morgan fingerprint density at radius 2 is 1.88 bits per heavy atom. The Bertz CT molecular complexity index is 643. The van der Waals surface area contributed by atoms with Gasteiger partial charge in [0, 0.05) is 10.3 Å². The van der Waals surface area contributed by atoms with E-state index in [0.29, 0.717) is 5.82 Å². The second-order valence-electron chi connectivity index (χ2n) is 3.59. The molecular formula is C13H10N2S. The number of anilines is 1. The van der Waals surface area contributed by atoms with Crippen LogP contribution in [0.2, 0.25) is 0 Å². The number of nitrogen functional groups attached to an aromatic ring is 1. The van der Waals surface area contributed by atoms with Crippen LogP contribution in [0.25, 0.3) is 21.3 Å². The second-order valence-corrected chi connectivity index (χ2v) is 4.51. The van der Waals surface area contributed by atoms with Gasteiger partial charge in [0.1, 0.15) is 5.82 Å². The van der Waals surface area contributed by atoms with Gasteiger partial charge in [0.05, 0.1) is 5.69 Å². The summed E-state index contributed by atoms with van der Waals surface area (Å²) in [6.07, 6.45) is 0. The van der Waals surface area contributed by atoms with Crippen molar-refractivity contribution in [3.63, 3.8) is 0 Å². The van der Waals surface area contributed by atoms with Crippen LogP contribution in [-0.4, -0.2) is 4.98 Å². The van der Waals surface area contributed by atoms with Crippen LogP contribution < -0.4 is 5.73 Å². The highest BCUT2D eigenvalue weighted by atomic mass is 32.1. The first-order valence-electron chi connectivity index (χ1n) is 5.04. The number of nitrogens with two attached hydrogens (primary N) is 1. The molecule has 1 aromatic carbocycles. The molecule has 3 aromatic rings. The molecule has 16 heavy (non-hydrogen) atoms. The van der Waals surface area contributed by atoms with Gasteiger partial charge in [0.2, 0.25) is 0 Å². The first-order valence-corrected chi connectivity index (χ1v) is 5.92. The smallest absolute Gasteiger partial charge is 0.124 e. The minimum atomic E-state index is 0.561. The number of aromatic nitrogens is 1. The predicted molar refractivity (Wildman–Crippen MR) is 69.5 cm³/mol. The van der Waals surface area contributed by atoms with Gasteiger partial charge in [-0.05, 0) is 29.0 Å². The molecule has 0 atom stereocenters. The van der Waals surface area contributed by atoms with E-state index in [2.05, 4.69) is 34.6 Å². The minimum absolute atomic E-state index is 0.561. The van der Waals surface area contributed by atoms with Gasteiger partial charge in [0.15, 0.2) is 0 Å². The summed E-state index contributed by atoms with van der Waals surface area (Å²) in [6.45, 7) is 0. The van der Waals surface area contributed by atoms with E-state index in [1.54, 1.807) is 17.4 Å². The van der Waals surface area contributed by atoms with E-state index in [1.807, 2.05) is 12.1 Å². The predicted octanol–water partition coefficient (Wildman–Crippen LogP) is 3.55. The lowest BCUT2D eigenvalue weighted by molar-refractivity contribution is 1.34. The number of pyridine rings is 1. The topological polar surface area (TPSA) is 38.9 Å². The van der Waals surface area contributed by atoms with Crippen molar-refractivity contribution in [2.24, 2.45) is 0 Å². The summed E-state index contributed by atoms with van der Waals surface area (Å²) in [6, 6.07) is 14.1. The zero-order valence-electron chi connectivity index (χ0n) is 8.55. The third-order valence-corrected chi connectivity index (χ3v) is 3.49. The Morgan fingerprint density at radius 1 is 1.00 bits per heavy atom. The van der Waals surface area contributed by atoms with E-state index in [9.17, 15) is 0 Å². The van der Waals surface area contributed by atoms with Gasteiger partial charge in [-0.3, -0.25) is 0 Å². The van der Waals surface area contributed by atoms with Crippen LogP contribution in [0.15, 0.2) is 47.8 Å². The van der Waals surface area contributed by atoms with Crippen LogP contribution in [0.1, 0.15) is 0 Å². The molecular weight excluding hydrogens is 216 g/mol. The summed E-state index contributed by atoms with van der Waals surface area (Å²) in [7, 11) is 0. The molecule has 0 aliphatic carbocycles. The average Bonchev–Trinajstić information content (AvgIpc) is 2.76. The Hall–Kier alpha value is -1.87. The van der Waals surface area contributed by atoms with Crippen molar-refractivity contribution in [2.75, 3.05) is 5.73 Å². The van der Waals surface area contributed by atoms with Crippen LogP contribution in [0.5, 0.6) is 0 Å². The molecule has 0 spiro atoms. The van der Waals surface area contributed by atoms with Crippen LogP contribution >= 0.6 is 11.3 Å². The lowest BCUT2D eigenvalue weighted by atomic mass is 10.1. The molecule has 0 unspecified atom stereocenters. The lowest BCUT2D eigenvalue weighted by Gasteiger charge is -2.03. The van der Waals surface area contributed by atoms with E-state index in [4.69, 9.17) is 5.73 Å². The van der Waals surface area contributed by atoms with E-state index in [-0.39, 0.29) is 0 Å². The molecule has 0 bridgehead atoms. The summed E-state index contributed by atoms with van der Waals surface area (Å²) >= 11 is 1.73. The third kappa shape index (κ3) is 1.46. The summed E-state index contributed by atoms with van der Waals surface area (Å²) < 4.78 is 1.26. The highest BCUT2D eigenvalue weighted by Gasteiger charge is 2.05. The quantitative estimate of drug-likeness (QED) is 0.689. The highest BCUT2D eigenvalue weighted by molar-refractivity contribution is 7.17. The molecule has 2 nitrogen and oxygen atoms in total. The Balaban J connectivity index is 2.29. The molecule has 3 heteroatoms. The van der Waals surface area contributed by atoms with Crippen LogP contribution in [0, 0.1) is 0 Å². The molecule has 0 fully saturated rings. The SMILES string of the molecule is Nc1cccc(-c2cccc3ccsc23)n1. The number of benzene rings is 1. The highest BCUT2D eigenvalue weighted by Crippen LogP contribution is 2.31. The molecule has 78 valence electrons. The lowest BCUT2D eigenvalue weighted by Crippen LogP contribution is -1.91. The van der Waals surface area contributed by atoms with Gasteiger partial charge < -0.3 is 5.73 Å². The molecule has 0 saturated heterocycles. The number of hydrogen-bond donors (Lipinski definition) is 1. The summed E-state index contributed by atoms with van der Waals surface area (Å²) in [5, 5.41) is 3.35. The van der Waals surface area contributed by atoms with E-state index >= 15 is 0 Å². The molecule has 3 rings (SSSR count). The van der Waals surface area contributed by atoms with Crippen molar-refractivity contribution in [3.05, 3.63) is 47.8 Å². The number of hydrogen-bond acceptors (Lipinski definition) is 3. The summed E-state index contributed by atoms with van der Waals surface area (Å²) in [5.41, 5.74) is 7.80. The van der Waals surface area contributed by atoms with Crippen molar-refractivity contribution in [1.82, 2.24) is 4.98 Å². The molecule has 2 N–H and O–H groups in total. The van der Waals surface area contributed by atoms with E-state index < -0.39 is 0 Å². The van der Waals surface area contributed by atoms with Crippen molar-refractivity contribution in [2.45, 2.75) is 0 Å². The van der Waals surface area contributed by atoms with E-state index in [1.165, 1.54) is 10.1 Å². The third-order valence-electron chi connectivity index (χ3n) is 2.53. The molecule has 0 saturated carbocycles. The molecule has 0 radical (unpaired) electrons. The normalized spacial score (nSPS) is 10.8. The van der Waals surface area contributed by atoms with Gasteiger partial charge >= 0.3 is 0 Å². The van der Waals surface area contributed by atoms with Crippen molar-refractivity contribution in [1.29, 1.82) is 0 Å².